The lowest BCUT2D eigenvalue weighted by Gasteiger charge is -2.27. The molecule has 0 bridgehead atoms. The van der Waals surface area contributed by atoms with Crippen LogP contribution in [-0.4, -0.2) is 57.3 Å². The van der Waals surface area contributed by atoms with Crippen LogP contribution in [0.3, 0.4) is 0 Å². The molecule has 0 aliphatic rings. The molecule has 0 fully saturated rings. The maximum Gasteiger partial charge on any atom is 0.249 e. The Morgan fingerprint density at radius 2 is 0.540 bits per heavy atom. The first-order valence-corrected chi connectivity index (χ1v) is 28.9. The third-order valence-electron chi connectivity index (χ3n) is 14.1. The number of rotatable bonds is 54. The molecule has 0 saturated heterocycles. The van der Waals surface area contributed by atoms with Crippen LogP contribution in [0.4, 0.5) is 0 Å². The van der Waals surface area contributed by atoms with E-state index in [2.05, 4.69) is 19.2 Å². The first-order valence-electron chi connectivity index (χ1n) is 28.9. The second-order valence-corrected chi connectivity index (χ2v) is 20.4. The number of unbranched alkanes of at least 4 members (excludes halogenated alkanes) is 45. The summed E-state index contributed by atoms with van der Waals surface area (Å²) in [5, 5.41) is 44.0. The van der Waals surface area contributed by atoms with E-state index in [-0.39, 0.29) is 0 Å². The summed E-state index contributed by atoms with van der Waals surface area (Å²) in [7, 11) is 0. The smallest absolute Gasteiger partial charge is 0.249 e. The fraction of sp³-hybridized carbons (Fsp3) is 0.982. The molecule has 1 amide bonds. The molecule has 0 rings (SSSR count). The summed E-state index contributed by atoms with van der Waals surface area (Å²) in [6, 6.07) is -0.980. The number of amides is 1. The molecule has 0 aromatic rings. The number of carbonyl (C=O) groups is 1. The maximum atomic E-state index is 12.6. The van der Waals surface area contributed by atoms with Crippen molar-refractivity contribution in [1.82, 2.24) is 5.32 Å². The lowest BCUT2D eigenvalue weighted by atomic mass is 9.99. The summed E-state index contributed by atoms with van der Waals surface area (Å²) >= 11 is 0. The van der Waals surface area contributed by atoms with Gasteiger partial charge in [-0.05, 0) is 12.8 Å². The van der Waals surface area contributed by atoms with E-state index in [4.69, 9.17) is 0 Å². The molecule has 4 unspecified atom stereocenters. The van der Waals surface area contributed by atoms with E-state index < -0.39 is 36.9 Å². The molecule has 378 valence electrons. The van der Waals surface area contributed by atoms with Gasteiger partial charge in [-0.25, -0.2) is 0 Å². The Labute approximate surface area is 394 Å². The minimum atomic E-state index is -1.25. The molecule has 6 nitrogen and oxygen atoms in total. The number of hydrogen-bond acceptors (Lipinski definition) is 5. The molecular formula is C57H115NO5. The molecule has 0 saturated carbocycles. The van der Waals surface area contributed by atoms with Crippen molar-refractivity contribution in [3.05, 3.63) is 0 Å². The van der Waals surface area contributed by atoms with E-state index in [0.29, 0.717) is 12.8 Å². The van der Waals surface area contributed by atoms with E-state index in [9.17, 15) is 25.2 Å². The third kappa shape index (κ3) is 46.2. The predicted molar refractivity (Wildman–Crippen MR) is 275 cm³/mol. The minimum absolute atomic E-state index is 0.376. The Morgan fingerprint density at radius 1 is 0.333 bits per heavy atom. The van der Waals surface area contributed by atoms with Crippen molar-refractivity contribution in [2.24, 2.45) is 0 Å². The number of hydrogen-bond donors (Lipinski definition) is 5. The van der Waals surface area contributed by atoms with Gasteiger partial charge in [0.05, 0.1) is 18.8 Å². The lowest BCUT2D eigenvalue weighted by molar-refractivity contribution is -0.132. The van der Waals surface area contributed by atoms with Gasteiger partial charge in [0, 0.05) is 0 Å². The van der Waals surface area contributed by atoms with Crippen LogP contribution >= 0.6 is 0 Å². The Kier molecular flexibility index (Phi) is 51.7. The molecule has 6 heteroatoms. The van der Waals surface area contributed by atoms with Gasteiger partial charge in [-0.1, -0.05) is 316 Å². The number of aliphatic hydroxyl groups is 4. The summed E-state index contributed by atoms with van der Waals surface area (Å²) in [6.07, 6.45) is 60.4. The van der Waals surface area contributed by atoms with Crippen LogP contribution in [0.25, 0.3) is 0 Å². The average Bonchev–Trinajstić information content (AvgIpc) is 3.29. The molecule has 4 atom stereocenters. The van der Waals surface area contributed by atoms with E-state index >= 15 is 0 Å². The molecule has 0 aliphatic carbocycles. The van der Waals surface area contributed by atoms with Gasteiger partial charge in [0.25, 0.3) is 0 Å². The monoisotopic (exact) mass is 894 g/mol. The van der Waals surface area contributed by atoms with Crippen LogP contribution in [-0.2, 0) is 4.79 Å². The van der Waals surface area contributed by atoms with Crippen LogP contribution < -0.4 is 5.32 Å². The fourth-order valence-electron chi connectivity index (χ4n) is 9.53. The highest BCUT2D eigenvalue weighted by atomic mass is 16.3. The lowest BCUT2D eigenvalue weighted by Crippen LogP contribution is -2.53. The Balaban J connectivity index is 3.53. The molecule has 0 aliphatic heterocycles. The largest absolute Gasteiger partial charge is 0.394 e. The minimum Gasteiger partial charge on any atom is -0.394 e. The number of carbonyl (C=O) groups excluding carboxylic acids is 1. The SMILES string of the molecule is CCCCCCCCCCCCCCCCCCCCCCCCCCCCCCCCCC(O)C(O)C(CO)NC(=O)C(O)CCCCCCCCCCCCCCCCCC. The van der Waals surface area contributed by atoms with Crippen LogP contribution in [0.5, 0.6) is 0 Å². The van der Waals surface area contributed by atoms with Gasteiger partial charge >= 0.3 is 0 Å². The van der Waals surface area contributed by atoms with Gasteiger partial charge in [-0.15, -0.1) is 0 Å². The summed E-state index contributed by atoms with van der Waals surface area (Å²) < 4.78 is 0. The normalized spacial score (nSPS) is 13.7. The molecule has 0 spiro atoms. The van der Waals surface area contributed by atoms with Crippen molar-refractivity contribution < 1.29 is 25.2 Å². The first-order chi connectivity index (χ1) is 31.0. The molecule has 5 N–H and O–H groups in total. The average molecular weight is 895 g/mol. The second kappa shape index (κ2) is 52.3. The van der Waals surface area contributed by atoms with Gasteiger partial charge in [0.2, 0.25) is 5.91 Å². The van der Waals surface area contributed by atoms with Crippen molar-refractivity contribution in [3.63, 3.8) is 0 Å². The van der Waals surface area contributed by atoms with Crippen molar-refractivity contribution in [3.8, 4) is 0 Å². The zero-order valence-electron chi connectivity index (χ0n) is 42.9. The van der Waals surface area contributed by atoms with Gasteiger partial charge in [0.1, 0.15) is 12.2 Å². The fourth-order valence-corrected chi connectivity index (χ4v) is 9.53. The van der Waals surface area contributed by atoms with E-state index in [1.165, 1.54) is 263 Å². The van der Waals surface area contributed by atoms with Crippen molar-refractivity contribution >= 4 is 5.91 Å². The highest BCUT2D eigenvalue weighted by molar-refractivity contribution is 5.80. The van der Waals surface area contributed by atoms with Crippen molar-refractivity contribution in [2.75, 3.05) is 6.61 Å². The van der Waals surface area contributed by atoms with E-state index in [1.54, 1.807) is 0 Å². The third-order valence-corrected chi connectivity index (χ3v) is 14.1. The van der Waals surface area contributed by atoms with Crippen LogP contribution in [0.15, 0.2) is 0 Å². The van der Waals surface area contributed by atoms with E-state index in [1.807, 2.05) is 0 Å². The molecule has 0 radical (unpaired) electrons. The topological polar surface area (TPSA) is 110 Å². The Morgan fingerprint density at radius 3 is 0.762 bits per heavy atom. The molecule has 0 heterocycles. The standard InChI is InChI=1S/C57H115NO5/c1-3-5-7-9-11-13-15-17-19-21-22-23-24-25-26-27-28-29-30-31-32-33-34-35-37-38-40-42-44-46-48-50-54(60)56(62)53(52-59)58-57(63)55(61)51-49-47-45-43-41-39-36-20-18-16-14-12-10-8-6-4-2/h53-56,59-62H,3-52H2,1-2H3,(H,58,63). The molecule has 0 aromatic heterocycles. The Hall–Kier alpha value is -0.690. The van der Waals surface area contributed by atoms with Crippen molar-refractivity contribution in [1.29, 1.82) is 0 Å². The number of nitrogens with one attached hydrogen (secondary N) is 1. The summed E-state index contributed by atoms with van der Waals surface area (Å²) in [4.78, 5) is 12.6. The van der Waals surface area contributed by atoms with Crippen LogP contribution in [0.1, 0.15) is 328 Å². The highest BCUT2D eigenvalue weighted by Gasteiger charge is 2.28. The maximum absolute atomic E-state index is 12.6. The zero-order chi connectivity index (χ0) is 45.9. The van der Waals surface area contributed by atoms with Gasteiger partial charge < -0.3 is 25.7 Å². The highest BCUT2D eigenvalue weighted by Crippen LogP contribution is 2.19. The Bertz CT molecular complexity index is 871. The van der Waals surface area contributed by atoms with Crippen molar-refractivity contribution in [2.45, 2.75) is 353 Å². The quantitative estimate of drug-likeness (QED) is 0.0391. The van der Waals surface area contributed by atoms with Crippen LogP contribution in [0.2, 0.25) is 0 Å². The summed E-state index contributed by atoms with van der Waals surface area (Å²) in [5.41, 5.74) is 0. The molecular weight excluding hydrogens is 779 g/mol. The molecule has 63 heavy (non-hydrogen) atoms. The molecule has 0 aromatic carbocycles. The first kappa shape index (κ1) is 62.3. The predicted octanol–water partition coefficient (Wildman–Crippen LogP) is 16.7. The summed E-state index contributed by atoms with van der Waals surface area (Å²) in [6.45, 7) is 4.09. The van der Waals surface area contributed by atoms with Gasteiger partial charge in [-0.2, -0.15) is 0 Å². The van der Waals surface area contributed by atoms with Gasteiger partial charge in [-0.3, -0.25) is 4.79 Å². The second-order valence-electron chi connectivity index (χ2n) is 20.4. The van der Waals surface area contributed by atoms with Gasteiger partial charge in [0.15, 0.2) is 0 Å². The summed E-state index contributed by atoms with van der Waals surface area (Å²) in [5.74, 6) is -0.577. The zero-order valence-corrected chi connectivity index (χ0v) is 42.9. The number of aliphatic hydroxyl groups excluding tert-OH is 4. The van der Waals surface area contributed by atoms with E-state index in [0.717, 1.165) is 38.5 Å². The van der Waals surface area contributed by atoms with Crippen LogP contribution in [0, 0.1) is 0 Å².